The Morgan fingerprint density at radius 3 is 2.57 bits per heavy atom. The lowest BCUT2D eigenvalue weighted by Crippen LogP contribution is -2.34. The van der Waals surface area contributed by atoms with Crippen molar-refractivity contribution in [1.29, 1.82) is 0 Å². The predicted octanol–water partition coefficient (Wildman–Crippen LogP) is 2.16. The summed E-state index contributed by atoms with van der Waals surface area (Å²) in [6, 6.07) is 1.83. The van der Waals surface area contributed by atoms with Gasteiger partial charge in [0, 0.05) is 61.8 Å². The molecule has 11 heteroatoms. The van der Waals surface area contributed by atoms with Crippen molar-refractivity contribution in [3.05, 3.63) is 41.7 Å². The lowest BCUT2D eigenvalue weighted by atomic mass is 10.1. The van der Waals surface area contributed by atoms with Crippen molar-refractivity contribution < 1.29 is 19.2 Å². The third kappa shape index (κ3) is 7.14. The molecule has 0 spiro atoms. The number of fused-ring (bicyclic) bond motifs is 1. The highest BCUT2D eigenvalue weighted by molar-refractivity contribution is 6.05. The van der Waals surface area contributed by atoms with Crippen molar-refractivity contribution in [2.24, 2.45) is 10.7 Å². The van der Waals surface area contributed by atoms with Gasteiger partial charge in [-0.3, -0.25) is 19.4 Å². The zero-order valence-electron chi connectivity index (χ0n) is 20.3. The third-order valence-corrected chi connectivity index (χ3v) is 5.07. The van der Waals surface area contributed by atoms with E-state index in [9.17, 15) is 9.59 Å². The number of amidine groups is 1. The van der Waals surface area contributed by atoms with Gasteiger partial charge in [-0.25, -0.2) is 20.0 Å². The minimum absolute atomic E-state index is 0.130. The Bertz CT molecular complexity index is 1090. The van der Waals surface area contributed by atoms with Gasteiger partial charge in [0.2, 0.25) is 5.91 Å². The number of pyridine rings is 1. The van der Waals surface area contributed by atoms with Gasteiger partial charge < -0.3 is 15.8 Å². The molecule has 186 valence electrons. The summed E-state index contributed by atoms with van der Waals surface area (Å²) in [6.45, 7) is 5.27. The first-order chi connectivity index (χ1) is 16.9. The minimum Gasteiger partial charge on any atom is -0.387 e. The summed E-state index contributed by atoms with van der Waals surface area (Å²) in [5.74, 6) is 0.423. The van der Waals surface area contributed by atoms with Gasteiger partial charge in [0.05, 0.1) is 31.1 Å². The van der Waals surface area contributed by atoms with Crippen LogP contribution in [0.4, 0.5) is 5.69 Å². The quantitative estimate of drug-likeness (QED) is 0.465. The number of aliphatic imine (C=N–C) groups is 1. The molecule has 3 heterocycles. The number of carbonyl (C=O) groups is 2. The van der Waals surface area contributed by atoms with Crippen LogP contribution in [0.5, 0.6) is 0 Å². The van der Waals surface area contributed by atoms with Crippen LogP contribution in [0.3, 0.4) is 0 Å². The van der Waals surface area contributed by atoms with Gasteiger partial charge in [-0.2, -0.15) is 0 Å². The van der Waals surface area contributed by atoms with Crippen LogP contribution in [0.2, 0.25) is 0 Å². The molecule has 11 nitrogen and oxygen atoms in total. The Labute approximate surface area is 204 Å². The zero-order valence-corrected chi connectivity index (χ0v) is 20.3. The number of hydrogen-bond donors (Lipinski definition) is 2. The Morgan fingerprint density at radius 1 is 1.14 bits per heavy atom. The Morgan fingerprint density at radius 2 is 1.89 bits per heavy atom. The van der Waals surface area contributed by atoms with E-state index in [1.165, 1.54) is 5.06 Å². The van der Waals surface area contributed by atoms with Gasteiger partial charge in [-0.1, -0.05) is 6.92 Å². The van der Waals surface area contributed by atoms with E-state index in [0.29, 0.717) is 48.4 Å². The first-order valence-corrected chi connectivity index (χ1v) is 11.5. The molecule has 0 atom stereocenters. The van der Waals surface area contributed by atoms with Crippen LogP contribution < -0.4 is 11.1 Å². The predicted molar refractivity (Wildman–Crippen MR) is 131 cm³/mol. The van der Waals surface area contributed by atoms with Crippen LogP contribution in [-0.4, -0.2) is 64.5 Å². The maximum atomic E-state index is 13.0. The van der Waals surface area contributed by atoms with Crippen LogP contribution in [-0.2, 0) is 25.7 Å². The number of aromatic nitrogens is 3. The first kappa shape index (κ1) is 25.9. The normalized spacial score (nSPS) is 12.8. The molecule has 0 radical (unpaired) electrons. The van der Waals surface area contributed by atoms with Crippen LogP contribution in [0.1, 0.15) is 44.6 Å². The van der Waals surface area contributed by atoms with Crippen LogP contribution in [0.25, 0.3) is 17.2 Å². The summed E-state index contributed by atoms with van der Waals surface area (Å²) in [4.78, 5) is 47.8. The summed E-state index contributed by atoms with van der Waals surface area (Å²) in [7, 11) is 1.55. The number of hydroxylamine groups is 2. The molecule has 0 saturated carbocycles. The lowest BCUT2D eigenvalue weighted by molar-refractivity contribution is -0.180. The Hall–Kier alpha value is -3.70. The fourth-order valence-corrected chi connectivity index (χ4v) is 3.36. The number of amides is 2. The van der Waals surface area contributed by atoms with Crippen molar-refractivity contribution in [1.82, 2.24) is 25.3 Å². The highest BCUT2D eigenvalue weighted by Crippen LogP contribution is 2.30. The van der Waals surface area contributed by atoms with E-state index in [0.717, 1.165) is 17.5 Å². The fraction of sp³-hybridized carbons (Fsp3) is 0.417. The third-order valence-electron chi connectivity index (χ3n) is 5.07. The van der Waals surface area contributed by atoms with Crippen molar-refractivity contribution in [3.8, 4) is 11.1 Å². The number of nitrogens with two attached hydrogens (primary N) is 1. The van der Waals surface area contributed by atoms with Gasteiger partial charge in [0.1, 0.15) is 11.7 Å². The number of nitrogens with zero attached hydrogens (tertiary/aromatic N) is 5. The van der Waals surface area contributed by atoms with Crippen molar-refractivity contribution in [2.45, 2.75) is 39.7 Å². The Balaban J connectivity index is 1.77. The van der Waals surface area contributed by atoms with Gasteiger partial charge >= 0.3 is 0 Å². The average molecular weight is 482 g/mol. The smallest absolute Gasteiger partial charge is 0.273 e. The van der Waals surface area contributed by atoms with E-state index in [1.807, 2.05) is 19.9 Å². The highest BCUT2D eigenvalue weighted by atomic mass is 16.7. The lowest BCUT2D eigenvalue weighted by Gasteiger charge is -2.21. The second kappa shape index (κ2) is 12.7. The largest absolute Gasteiger partial charge is 0.387 e. The molecular weight excluding hydrogens is 450 g/mol. The molecule has 3 N–H and O–H groups in total. The zero-order chi connectivity index (χ0) is 25.2. The number of hydrogen-bond acceptors (Lipinski definition) is 9. The van der Waals surface area contributed by atoms with Crippen molar-refractivity contribution in [3.63, 3.8) is 0 Å². The molecule has 1 aliphatic rings. The second-order valence-corrected chi connectivity index (χ2v) is 7.81. The van der Waals surface area contributed by atoms with E-state index in [-0.39, 0.29) is 31.2 Å². The molecule has 2 aromatic rings. The SMILES string of the molecule is CCCN(OCC)C(=O)C1=Cc2ncc(-c3cnc(CNC(=O)CCOC)nc3)cc2N=C(N)C1. The molecule has 35 heavy (non-hydrogen) atoms. The first-order valence-electron chi connectivity index (χ1n) is 11.5. The van der Waals surface area contributed by atoms with Gasteiger partial charge in [-0.05, 0) is 25.5 Å². The van der Waals surface area contributed by atoms with E-state index in [1.54, 1.807) is 31.8 Å². The number of methoxy groups -OCH3 is 1. The topological polar surface area (TPSA) is 145 Å². The van der Waals surface area contributed by atoms with Crippen LogP contribution in [0, 0.1) is 0 Å². The molecular formula is C24H31N7O4. The molecule has 0 aliphatic carbocycles. The van der Waals surface area contributed by atoms with Crippen molar-refractivity contribution >= 4 is 29.4 Å². The minimum atomic E-state index is -0.246. The molecule has 0 bridgehead atoms. The monoisotopic (exact) mass is 481 g/mol. The summed E-state index contributed by atoms with van der Waals surface area (Å²) in [5.41, 5.74) is 9.17. The molecule has 1 aliphatic heterocycles. The molecule has 0 fully saturated rings. The van der Waals surface area contributed by atoms with E-state index < -0.39 is 0 Å². The second-order valence-electron chi connectivity index (χ2n) is 7.81. The molecule has 3 rings (SSSR count). The van der Waals surface area contributed by atoms with E-state index in [2.05, 4.69) is 25.3 Å². The van der Waals surface area contributed by atoms with E-state index >= 15 is 0 Å². The number of carbonyl (C=O) groups excluding carboxylic acids is 2. The van der Waals surface area contributed by atoms with Crippen LogP contribution in [0.15, 0.2) is 35.2 Å². The highest BCUT2D eigenvalue weighted by Gasteiger charge is 2.22. The van der Waals surface area contributed by atoms with Crippen molar-refractivity contribution in [2.75, 3.05) is 26.9 Å². The summed E-state index contributed by atoms with van der Waals surface area (Å²) >= 11 is 0. The average Bonchev–Trinajstić information content (AvgIpc) is 3.03. The molecule has 0 aromatic carbocycles. The number of rotatable bonds is 11. The summed E-state index contributed by atoms with van der Waals surface area (Å²) in [5, 5.41) is 4.11. The van der Waals surface area contributed by atoms with Gasteiger partial charge in [-0.15, -0.1) is 0 Å². The summed E-state index contributed by atoms with van der Waals surface area (Å²) in [6.07, 6.45) is 7.94. The molecule has 0 saturated heterocycles. The number of ether oxygens (including phenoxy) is 1. The Kier molecular flexibility index (Phi) is 9.39. The number of nitrogens with one attached hydrogen (secondary N) is 1. The fourth-order valence-electron chi connectivity index (χ4n) is 3.36. The maximum absolute atomic E-state index is 13.0. The summed E-state index contributed by atoms with van der Waals surface area (Å²) < 4.78 is 4.89. The maximum Gasteiger partial charge on any atom is 0.273 e. The molecule has 2 amide bonds. The molecule has 0 unspecified atom stereocenters. The molecule has 2 aromatic heterocycles. The standard InChI is InChI=1S/C24H31N7O4/c1-4-7-31(35-5-2)24(33)16-9-19-20(30-21(25)11-16)10-17(12-26-19)18-13-27-22(28-14-18)15-29-23(32)6-8-34-3/h9-10,12-14H,4-8,11,15H2,1-3H3,(H2,25,30)(H,29,32). The van der Waals surface area contributed by atoms with Crippen LogP contribution >= 0.6 is 0 Å². The van der Waals surface area contributed by atoms with Gasteiger partial charge in [0.25, 0.3) is 5.91 Å². The van der Waals surface area contributed by atoms with E-state index in [4.69, 9.17) is 15.3 Å². The van der Waals surface area contributed by atoms with Gasteiger partial charge in [0.15, 0.2) is 0 Å².